The van der Waals surface area contributed by atoms with Gasteiger partial charge in [0.25, 0.3) is 0 Å². The summed E-state index contributed by atoms with van der Waals surface area (Å²) in [6.07, 6.45) is 1.65. The lowest BCUT2D eigenvalue weighted by molar-refractivity contribution is -0.122. The number of likely N-dealkylation sites (tertiary alicyclic amines) is 1. The summed E-state index contributed by atoms with van der Waals surface area (Å²) in [6.45, 7) is 10.5. The molecule has 1 unspecified atom stereocenters. The number of fused-ring (bicyclic) bond motifs is 1. The van der Waals surface area contributed by atoms with Crippen LogP contribution in [-0.2, 0) is 16.1 Å². The predicted molar refractivity (Wildman–Crippen MR) is 126 cm³/mol. The third-order valence-corrected chi connectivity index (χ3v) is 5.94. The molecule has 33 heavy (non-hydrogen) atoms. The van der Waals surface area contributed by atoms with E-state index < -0.39 is 17.1 Å². The molecule has 0 bridgehead atoms. The predicted octanol–water partition coefficient (Wildman–Crippen LogP) is 4.93. The number of ether oxygens (including phenoxy) is 1. The fourth-order valence-electron chi connectivity index (χ4n) is 4.13. The van der Waals surface area contributed by atoms with E-state index in [1.54, 1.807) is 23.1 Å². The molecular weight excluding hydrogens is 421 g/mol. The van der Waals surface area contributed by atoms with Crippen molar-refractivity contribution in [2.24, 2.45) is 10.4 Å². The van der Waals surface area contributed by atoms with Crippen LogP contribution in [0.15, 0.2) is 60.1 Å². The number of benzene rings is 2. The van der Waals surface area contributed by atoms with Gasteiger partial charge < -0.3 is 15.0 Å². The molecule has 1 N–H and O–H groups in total. The van der Waals surface area contributed by atoms with Crippen molar-refractivity contribution in [3.63, 3.8) is 0 Å². The van der Waals surface area contributed by atoms with E-state index in [4.69, 9.17) is 4.74 Å². The summed E-state index contributed by atoms with van der Waals surface area (Å²) in [5.74, 6) is -0.521. The van der Waals surface area contributed by atoms with E-state index in [9.17, 15) is 14.0 Å². The summed E-state index contributed by atoms with van der Waals surface area (Å²) in [6, 6.07) is 11.9. The van der Waals surface area contributed by atoms with Gasteiger partial charge in [-0.25, -0.2) is 9.18 Å². The smallest absolute Gasteiger partial charge is 0.410 e. The SMILES string of the molecule is C=CC1(C(=O)Nc2ccc3c(c2)C(c2ccc(F)cc2)=NC3)CCN(C(=O)OC(C)(C)C)C1. The Bertz CT molecular complexity index is 1130. The van der Waals surface area contributed by atoms with Crippen LogP contribution >= 0.6 is 0 Å². The molecule has 2 heterocycles. The maximum absolute atomic E-state index is 13.3. The van der Waals surface area contributed by atoms with Gasteiger partial charge in [-0.05, 0) is 69.2 Å². The first-order valence-corrected chi connectivity index (χ1v) is 11.0. The van der Waals surface area contributed by atoms with Crippen LogP contribution in [0.2, 0.25) is 0 Å². The fraction of sp³-hybridized carbons (Fsp3) is 0.346. The second-order valence-corrected chi connectivity index (χ2v) is 9.51. The Kier molecular flexibility index (Phi) is 5.82. The van der Waals surface area contributed by atoms with Crippen molar-refractivity contribution in [1.82, 2.24) is 4.90 Å². The second kappa shape index (κ2) is 8.46. The van der Waals surface area contributed by atoms with Crippen molar-refractivity contribution in [1.29, 1.82) is 0 Å². The van der Waals surface area contributed by atoms with E-state index in [-0.39, 0.29) is 18.3 Å². The van der Waals surface area contributed by atoms with E-state index in [2.05, 4.69) is 16.9 Å². The molecule has 2 aliphatic heterocycles. The lowest BCUT2D eigenvalue weighted by Gasteiger charge is -2.27. The number of hydrogen-bond acceptors (Lipinski definition) is 4. The summed E-state index contributed by atoms with van der Waals surface area (Å²) >= 11 is 0. The van der Waals surface area contributed by atoms with Crippen molar-refractivity contribution in [2.45, 2.75) is 39.3 Å². The minimum atomic E-state index is -0.899. The summed E-state index contributed by atoms with van der Waals surface area (Å²) in [5.41, 5.74) is 2.68. The van der Waals surface area contributed by atoms with E-state index >= 15 is 0 Å². The van der Waals surface area contributed by atoms with Crippen LogP contribution in [-0.4, -0.2) is 41.3 Å². The monoisotopic (exact) mass is 449 g/mol. The molecule has 2 amide bonds. The van der Waals surface area contributed by atoms with E-state index in [1.807, 2.05) is 39.0 Å². The fourth-order valence-corrected chi connectivity index (χ4v) is 4.13. The standard InChI is InChI=1S/C26H28FN3O3/c1-5-26(12-13-30(16-26)24(32)33-25(2,3)4)23(31)29-20-11-8-18-15-28-22(21(18)14-20)17-6-9-19(27)10-7-17/h5-11,14H,1,12-13,15-16H2,2-4H3,(H,29,31). The molecule has 0 spiro atoms. The maximum Gasteiger partial charge on any atom is 0.410 e. The molecule has 1 atom stereocenters. The van der Waals surface area contributed by atoms with Gasteiger partial charge in [-0.2, -0.15) is 0 Å². The summed E-state index contributed by atoms with van der Waals surface area (Å²) in [7, 11) is 0. The quantitative estimate of drug-likeness (QED) is 0.673. The highest BCUT2D eigenvalue weighted by Gasteiger charge is 2.44. The molecule has 172 valence electrons. The van der Waals surface area contributed by atoms with Crippen LogP contribution in [0.4, 0.5) is 14.9 Å². The molecule has 0 radical (unpaired) electrons. The largest absolute Gasteiger partial charge is 0.444 e. The minimum absolute atomic E-state index is 0.213. The van der Waals surface area contributed by atoms with Gasteiger partial charge in [-0.15, -0.1) is 6.58 Å². The highest BCUT2D eigenvalue weighted by molar-refractivity contribution is 6.15. The lowest BCUT2D eigenvalue weighted by Crippen LogP contribution is -2.40. The molecule has 6 nitrogen and oxygen atoms in total. The van der Waals surface area contributed by atoms with Crippen LogP contribution < -0.4 is 5.32 Å². The third kappa shape index (κ3) is 4.67. The number of rotatable bonds is 4. The average Bonchev–Trinajstić information content (AvgIpc) is 3.38. The van der Waals surface area contributed by atoms with Crippen LogP contribution in [0, 0.1) is 11.2 Å². The first kappa shape index (κ1) is 22.7. The third-order valence-electron chi connectivity index (χ3n) is 5.94. The first-order chi connectivity index (χ1) is 15.6. The highest BCUT2D eigenvalue weighted by Crippen LogP contribution is 2.35. The van der Waals surface area contributed by atoms with Gasteiger partial charge in [0.15, 0.2) is 0 Å². The molecule has 1 fully saturated rings. The second-order valence-electron chi connectivity index (χ2n) is 9.51. The average molecular weight is 450 g/mol. The normalized spacial score (nSPS) is 19.6. The summed E-state index contributed by atoms with van der Waals surface area (Å²) < 4.78 is 18.8. The van der Waals surface area contributed by atoms with Gasteiger partial charge >= 0.3 is 6.09 Å². The van der Waals surface area contributed by atoms with Crippen LogP contribution in [0.3, 0.4) is 0 Å². The van der Waals surface area contributed by atoms with Crippen molar-refractivity contribution in [2.75, 3.05) is 18.4 Å². The molecule has 0 saturated carbocycles. The molecule has 2 aromatic rings. The highest BCUT2D eigenvalue weighted by atomic mass is 19.1. The first-order valence-electron chi connectivity index (χ1n) is 11.0. The minimum Gasteiger partial charge on any atom is -0.444 e. The van der Waals surface area contributed by atoms with E-state index in [1.165, 1.54) is 12.1 Å². The van der Waals surface area contributed by atoms with E-state index in [0.717, 1.165) is 22.4 Å². The zero-order valence-corrected chi connectivity index (χ0v) is 19.2. The number of carbonyl (C=O) groups excluding carboxylic acids is 2. The van der Waals surface area contributed by atoms with Crippen molar-refractivity contribution in [3.05, 3.63) is 77.6 Å². The number of aliphatic imine (C=N–C) groups is 1. The Morgan fingerprint density at radius 1 is 1.21 bits per heavy atom. The Hall–Kier alpha value is -3.48. The summed E-state index contributed by atoms with van der Waals surface area (Å²) in [5, 5.41) is 2.99. The number of nitrogens with one attached hydrogen (secondary N) is 1. The zero-order chi connectivity index (χ0) is 23.8. The van der Waals surface area contributed by atoms with Gasteiger partial charge in [0.05, 0.1) is 17.7 Å². The van der Waals surface area contributed by atoms with Gasteiger partial charge in [0.1, 0.15) is 11.4 Å². The summed E-state index contributed by atoms with van der Waals surface area (Å²) in [4.78, 5) is 31.9. The maximum atomic E-state index is 13.3. The van der Waals surface area contributed by atoms with Crippen LogP contribution in [0.1, 0.15) is 43.9 Å². The molecule has 0 aliphatic carbocycles. The Morgan fingerprint density at radius 3 is 2.61 bits per heavy atom. The van der Waals surface area contributed by atoms with Crippen molar-refractivity contribution < 1.29 is 18.7 Å². The van der Waals surface area contributed by atoms with Crippen molar-refractivity contribution >= 4 is 23.4 Å². The molecule has 1 saturated heterocycles. The molecule has 7 heteroatoms. The van der Waals surface area contributed by atoms with Crippen LogP contribution in [0.5, 0.6) is 0 Å². The van der Waals surface area contributed by atoms with Crippen LogP contribution in [0.25, 0.3) is 0 Å². The molecule has 0 aromatic heterocycles. The molecular formula is C26H28FN3O3. The molecule has 2 aromatic carbocycles. The molecule has 4 rings (SSSR count). The Labute approximate surface area is 193 Å². The number of carbonyl (C=O) groups is 2. The molecule has 2 aliphatic rings. The van der Waals surface area contributed by atoms with Gasteiger partial charge in [0, 0.05) is 29.9 Å². The van der Waals surface area contributed by atoms with E-state index in [0.29, 0.717) is 25.2 Å². The number of hydrogen-bond donors (Lipinski definition) is 1. The Balaban J connectivity index is 1.50. The number of nitrogens with zero attached hydrogens (tertiary/aromatic N) is 2. The zero-order valence-electron chi connectivity index (χ0n) is 19.2. The number of anilines is 1. The lowest BCUT2D eigenvalue weighted by atomic mass is 9.86. The number of halogens is 1. The topological polar surface area (TPSA) is 71.0 Å². The van der Waals surface area contributed by atoms with Gasteiger partial charge in [0.2, 0.25) is 5.91 Å². The van der Waals surface area contributed by atoms with Crippen molar-refractivity contribution in [3.8, 4) is 0 Å². The Morgan fingerprint density at radius 2 is 1.94 bits per heavy atom. The van der Waals surface area contributed by atoms with Gasteiger partial charge in [-0.3, -0.25) is 9.79 Å². The number of amides is 2. The van der Waals surface area contributed by atoms with Gasteiger partial charge in [-0.1, -0.05) is 12.1 Å².